The van der Waals surface area contributed by atoms with Crippen molar-refractivity contribution in [2.75, 3.05) is 18.0 Å². The molecule has 1 saturated heterocycles. The van der Waals surface area contributed by atoms with Crippen molar-refractivity contribution in [3.8, 4) is 10.6 Å². The fraction of sp³-hybridized carbons (Fsp3) is 0.375. The minimum atomic E-state index is -0.775. The molecule has 0 unspecified atom stereocenters. The van der Waals surface area contributed by atoms with Crippen LogP contribution in [0.15, 0.2) is 18.2 Å². The van der Waals surface area contributed by atoms with Gasteiger partial charge in [0.15, 0.2) is 5.01 Å². The highest BCUT2D eigenvalue weighted by molar-refractivity contribution is 7.14. The summed E-state index contributed by atoms with van der Waals surface area (Å²) >= 11 is 1.10. The number of benzene rings is 1. The maximum Gasteiger partial charge on any atom is 0.414 e. The van der Waals surface area contributed by atoms with Crippen LogP contribution in [0, 0.1) is 5.82 Å². The fourth-order valence-electron chi connectivity index (χ4n) is 2.45. The number of cyclic esters (lactones) is 1. The lowest BCUT2D eigenvalue weighted by Crippen LogP contribution is -2.33. The zero-order chi connectivity index (χ0) is 18.8. The van der Waals surface area contributed by atoms with Crippen molar-refractivity contribution in [3.63, 3.8) is 0 Å². The van der Waals surface area contributed by atoms with Gasteiger partial charge in [0.05, 0.1) is 18.8 Å². The number of nitrogens with zero attached hydrogens (tertiary/aromatic N) is 3. The first-order valence-electron chi connectivity index (χ1n) is 7.89. The third-order valence-corrected chi connectivity index (χ3v) is 4.87. The minimum absolute atomic E-state index is 0.199. The lowest BCUT2D eigenvalue weighted by Gasteiger charge is -2.14. The second-order valence-electron chi connectivity index (χ2n) is 5.84. The van der Waals surface area contributed by atoms with Crippen LogP contribution in [-0.4, -0.2) is 46.5 Å². The van der Waals surface area contributed by atoms with Crippen LogP contribution < -0.4 is 10.2 Å². The highest BCUT2D eigenvalue weighted by Gasteiger charge is 2.32. The molecule has 0 saturated carbocycles. The van der Waals surface area contributed by atoms with E-state index in [1.807, 2.05) is 0 Å². The van der Waals surface area contributed by atoms with E-state index in [-0.39, 0.29) is 24.6 Å². The summed E-state index contributed by atoms with van der Waals surface area (Å²) in [6.07, 6.45) is -1.87. The Bertz CT molecular complexity index is 841. The van der Waals surface area contributed by atoms with Crippen LogP contribution in [0.25, 0.3) is 10.6 Å². The number of hydrogen-bond donors (Lipinski definition) is 2. The molecular formula is C16H17FN4O4S. The minimum Gasteiger partial charge on any atom is -0.442 e. The molecule has 8 nitrogen and oxygen atoms in total. The number of aliphatic hydroxyl groups is 1. The number of halogens is 1. The van der Waals surface area contributed by atoms with Crippen LogP contribution >= 0.6 is 11.3 Å². The van der Waals surface area contributed by atoms with E-state index in [1.165, 1.54) is 24.0 Å². The molecule has 2 heterocycles. The Labute approximate surface area is 152 Å². The average Bonchev–Trinajstić information content (AvgIpc) is 3.20. The summed E-state index contributed by atoms with van der Waals surface area (Å²) in [5.74, 6) is -0.780. The van der Waals surface area contributed by atoms with Crippen LogP contribution in [-0.2, 0) is 9.53 Å². The van der Waals surface area contributed by atoms with Gasteiger partial charge >= 0.3 is 6.09 Å². The van der Waals surface area contributed by atoms with Crippen molar-refractivity contribution < 1.29 is 23.8 Å². The molecule has 138 valence electrons. The van der Waals surface area contributed by atoms with E-state index < -0.39 is 24.1 Å². The van der Waals surface area contributed by atoms with Crippen molar-refractivity contribution in [2.24, 2.45) is 0 Å². The molecule has 2 atom stereocenters. The maximum absolute atomic E-state index is 14.5. The Kier molecular flexibility index (Phi) is 5.14. The summed E-state index contributed by atoms with van der Waals surface area (Å²) in [5.41, 5.74) is 0.586. The van der Waals surface area contributed by atoms with Gasteiger partial charge in [-0.15, -0.1) is 10.2 Å². The molecule has 10 heteroatoms. The number of ether oxygens (including phenoxy) is 1. The Morgan fingerprint density at radius 3 is 2.92 bits per heavy atom. The summed E-state index contributed by atoms with van der Waals surface area (Å²) < 4.78 is 19.7. The second-order valence-corrected chi connectivity index (χ2v) is 6.85. The lowest BCUT2D eigenvalue weighted by molar-refractivity contribution is -0.119. The van der Waals surface area contributed by atoms with Gasteiger partial charge in [0.1, 0.15) is 23.0 Å². The number of carbonyl (C=O) groups is 2. The van der Waals surface area contributed by atoms with Gasteiger partial charge in [-0.3, -0.25) is 9.69 Å². The van der Waals surface area contributed by atoms with Gasteiger partial charge < -0.3 is 15.2 Å². The molecule has 2 N–H and O–H groups in total. The Hall–Kier alpha value is -2.59. The van der Waals surface area contributed by atoms with Crippen LogP contribution in [0.4, 0.5) is 14.9 Å². The largest absolute Gasteiger partial charge is 0.442 e. The smallest absolute Gasteiger partial charge is 0.414 e. The van der Waals surface area contributed by atoms with Crippen molar-refractivity contribution in [1.82, 2.24) is 15.5 Å². The topological polar surface area (TPSA) is 105 Å². The van der Waals surface area contributed by atoms with Crippen LogP contribution in [0.5, 0.6) is 0 Å². The number of hydrogen-bond acceptors (Lipinski definition) is 7. The van der Waals surface area contributed by atoms with Crippen molar-refractivity contribution in [3.05, 3.63) is 29.0 Å². The summed E-state index contributed by atoms with van der Waals surface area (Å²) in [7, 11) is 0. The Morgan fingerprint density at radius 1 is 1.54 bits per heavy atom. The quantitative estimate of drug-likeness (QED) is 0.820. The molecule has 3 rings (SSSR count). The monoisotopic (exact) mass is 380 g/mol. The van der Waals surface area contributed by atoms with Gasteiger partial charge in [-0.05, 0) is 25.1 Å². The van der Waals surface area contributed by atoms with Gasteiger partial charge in [0, 0.05) is 12.5 Å². The highest BCUT2D eigenvalue weighted by atomic mass is 32.1. The number of amides is 2. The van der Waals surface area contributed by atoms with Crippen LogP contribution in [0.2, 0.25) is 0 Å². The molecule has 2 amide bonds. The first-order valence-corrected chi connectivity index (χ1v) is 8.70. The average molecular weight is 380 g/mol. The third kappa shape index (κ3) is 3.81. The number of rotatable bonds is 5. The Balaban J connectivity index is 1.76. The number of nitrogens with one attached hydrogen (secondary N) is 1. The van der Waals surface area contributed by atoms with Gasteiger partial charge in [-0.25, -0.2) is 9.18 Å². The zero-order valence-electron chi connectivity index (χ0n) is 14.1. The SMILES string of the molecule is CC(=O)NC[C@H]1CN(c2ccc(-c3nnc([C@H](C)O)s3)c(F)c2)C(=O)O1. The molecule has 0 radical (unpaired) electrons. The van der Waals surface area contributed by atoms with E-state index in [2.05, 4.69) is 15.5 Å². The van der Waals surface area contributed by atoms with Crippen molar-refractivity contribution >= 4 is 29.0 Å². The zero-order valence-corrected chi connectivity index (χ0v) is 14.9. The van der Waals surface area contributed by atoms with E-state index in [0.717, 1.165) is 11.3 Å². The van der Waals surface area contributed by atoms with Gasteiger partial charge in [0.2, 0.25) is 5.91 Å². The maximum atomic E-state index is 14.5. The van der Waals surface area contributed by atoms with Gasteiger partial charge in [-0.2, -0.15) is 0 Å². The molecular weight excluding hydrogens is 363 g/mol. The fourth-order valence-corrected chi connectivity index (χ4v) is 3.26. The van der Waals surface area contributed by atoms with E-state index in [9.17, 15) is 19.1 Å². The number of carbonyl (C=O) groups excluding carboxylic acids is 2. The van der Waals surface area contributed by atoms with E-state index >= 15 is 0 Å². The number of aromatic nitrogens is 2. The van der Waals surface area contributed by atoms with Gasteiger partial charge in [0.25, 0.3) is 0 Å². The second kappa shape index (κ2) is 7.34. The van der Waals surface area contributed by atoms with Gasteiger partial charge in [-0.1, -0.05) is 11.3 Å². The summed E-state index contributed by atoms with van der Waals surface area (Å²) in [4.78, 5) is 24.3. The molecule has 0 spiro atoms. The first kappa shape index (κ1) is 18.2. The molecule has 0 bridgehead atoms. The van der Waals surface area contributed by atoms with Crippen molar-refractivity contribution in [2.45, 2.75) is 26.1 Å². The highest BCUT2D eigenvalue weighted by Crippen LogP contribution is 2.31. The van der Waals surface area contributed by atoms with Crippen LogP contribution in [0.1, 0.15) is 25.0 Å². The first-order chi connectivity index (χ1) is 12.3. The standard InChI is InChI=1S/C16H17FN4O4S/c1-8(22)14-19-20-15(26-14)12-4-3-10(5-13(12)17)21-7-11(25-16(21)24)6-18-9(2)23/h3-5,8,11,22H,6-7H2,1-2H3,(H,18,23)/t8-,11-/m0/s1. The molecule has 1 aliphatic heterocycles. The number of anilines is 1. The molecule has 0 aliphatic carbocycles. The predicted octanol–water partition coefficient (Wildman–Crippen LogP) is 1.86. The molecule has 1 fully saturated rings. The lowest BCUT2D eigenvalue weighted by atomic mass is 10.2. The summed E-state index contributed by atoms with van der Waals surface area (Å²) in [6, 6.07) is 4.32. The molecule has 2 aromatic rings. The van der Waals surface area contributed by atoms with E-state index in [1.54, 1.807) is 13.0 Å². The third-order valence-electron chi connectivity index (χ3n) is 3.75. The van der Waals surface area contributed by atoms with E-state index in [0.29, 0.717) is 15.7 Å². The van der Waals surface area contributed by atoms with Crippen molar-refractivity contribution in [1.29, 1.82) is 0 Å². The molecule has 1 aromatic heterocycles. The number of aliphatic hydroxyl groups excluding tert-OH is 1. The molecule has 26 heavy (non-hydrogen) atoms. The summed E-state index contributed by atoms with van der Waals surface area (Å²) in [6.45, 7) is 3.34. The van der Waals surface area contributed by atoms with E-state index in [4.69, 9.17) is 4.74 Å². The summed E-state index contributed by atoms with van der Waals surface area (Å²) in [5, 5.41) is 20.5. The molecule has 1 aromatic carbocycles. The molecule has 1 aliphatic rings. The Morgan fingerprint density at radius 2 is 2.31 bits per heavy atom. The predicted molar refractivity (Wildman–Crippen MR) is 92.2 cm³/mol. The normalized spacial score (nSPS) is 17.9. The van der Waals surface area contributed by atoms with Crippen LogP contribution in [0.3, 0.4) is 0 Å².